The molecule has 1 heterocycles. The van der Waals surface area contributed by atoms with Crippen LogP contribution in [0.25, 0.3) is 0 Å². The van der Waals surface area contributed by atoms with Crippen LogP contribution in [0.15, 0.2) is 41.7 Å². The molecule has 0 radical (unpaired) electrons. The maximum absolute atomic E-state index is 12.0. The number of hydrogen-bond donors (Lipinski definition) is 3. The standard InChI is InChI=1S/C14H18N4O2S/c19-21(20,18-12-1-2-12)14-5-3-11(4-6-14)16-8-7-13-9-15-10-17-13/h3-6,9-10,12,16,18H,1-2,7-8H2,(H,15,17). The highest BCUT2D eigenvalue weighted by Crippen LogP contribution is 2.22. The Morgan fingerprint density at radius 3 is 2.62 bits per heavy atom. The zero-order valence-electron chi connectivity index (χ0n) is 11.5. The molecule has 3 rings (SSSR count). The normalized spacial score (nSPS) is 15.0. The van der Waals surface area contributed by atoms with Crippen LogP contribution in [0.5, 0.6) is 0 Å². The van der Waals surface area contributed by atoms with Crippen molar-refractivity contribution in [1.29, 1.82) is 0 Å². The minimum Gasteiger partial charge on any atom is -0.385 e. The van der Waals surface area contributed by atoms with Crippen LogP contribution in [0.1, 0.15) is 18.5 Å². The maximum atomic E-state index is 12.0. The predicted molar refractivity (Wildman–Crippen MR) is 80.6 cm³/mol. The van der Waals surface area contributed by atoms with Gasteiger partial charge < -0.3 is 10.3 Å². The zero-order chi connectivity index (χ0) is 14.7. The summed E-state index contributed by atoms with van der Waals surface area (Å²) < 4.78 is 26.7. The number of sulfonamides is 1. The van der Waals surface area contributed by atoms with Gasteiger partial charge in [-0.3, -0.25) is 0 Å². The third kappa shape index (κ3) is 3.83. The van der Waals surface area contributed by atoms with Gasteiger partial charge in [0.05, 0.1) is 11.2 Å². The van der Waals surface area contributed by atoms with E-state index in [-0.39, 0.29) is 6.04 Å². The third-order valence-corrected chi connectivity index (χ3v) is 4.88. The molecule has 1 aliphatic rings. The molecule has 0 bridgehead atoms. The first kappa shape index (κ1) is 14.1. The van der Waals surface area contributed by atoms with E-state index in [9.17, 15) is 8.42 Å². The summed E-state index contributed by atoms with van der Waals surface area (Å²) >= 11 is 0. The first-order chi connectivity index (χ1) is 10.1. The van der Waals surface area contributed by atoms with Crippen molar-refractivity contribution >= 4 is 15.7 Å². The molecule has 1 aliphatic carbocycles. The number of aromatic amines is 1. The summed E-state index contributed by atoms with van der Waals surface area (Å²) in [6.07, 6.45) is 6.16. The Bertz CT molecular complexity index is 676. The third-order valence-electron chi connectivity index (χ3n) is 3.34. The van der Waals surface area contributed by atoms with Crippen LogP contribution in [0, 0.1) is 0 Å². The number of aromatic nitrogens is 2. The van der Waals surface area contributed by atoms with Crippen molar-refractivity contribution in [2.75, 3.05) is 11.9 Å². The molecular formula is C14H18N4O2S. The lowest BCUT2D eigenvalue weighted by molar-refractivity contribution is 0.581. The van der Waals surface area contributed by atoms with Gasteiger partial charge in [-0.2, -0.15) is 0 Å². The van der Waals surface area contributed by atoms with Crippen molar-refractivity contribution in [2.24, 2.45) is 0 Å². The second kappa shape index (κ2) is 5.87. The Labute approximate surface area is 124 Å². The summed E-state index contributed by atoms with van der Waals surface area (Å²) in [6, 6.07) is 6.96. The molecule has 0 saturated heterocycles. The average molecular weight is 306 g/mol. The quantitative estimate of drug-likeness (QED) is 0.723. The molecule has 0 aliphatic heterocycles. The van der Waals surface area contributed by atoms with Gasteiger partial charge in [0.2, 0.25) is 10.0 Å². The van der Waals surface area contributed by atoms with E-state index in [0.29, 0.717) is 4.90 Å². The fourth-order valence-corrected chi connectivity index (χ4v) is 3.31. The maximum Gasteiger partial charge on any atom is 0.240 e. The highest BCUT2D eigenvalue weighted by Gasteiger charge is 2.27. The van der Waals surface area contributed by atoms with Gasteiger partial charge in [0.25, 0.3) is 0 Å². The lowest BCUT2D eigenvalue weighted by Gasteiger charge is -2.08. The van der Waals surface area contributed by atoms with Gasteiger partial charge >= 0.3 is 0 Å². The molecule has 1 fully saturated rings. The average Bonchev–Trinajstić information content (AvgIpc) is 3.11. The van der Waals surface area contributed by atoms with Crippen molar-refractivity contribution in [3.63, 3.8) is 0 Å². The molecule has 1 aromatic carbocycles. The molecule has 1 aromatic heterocycles. The summed E-state index contributed by atoms with van der Waals surface area (Å²) in [5.74, 6) is 0. The first-order valence-electron chi connectivity index (χ1n) is 6.97. The Kier molecular flexibility index (Phi) is 3.94. The van der Waals surface area contributed by atoms with Crippen LogP contribution < -0.4 is 10.0 Å². The number of nitrogens with one attached hydrogen (secondary N) is 3. The summed E-state index contributed by atoms with van der Waals surface area (Å²) in [4.78, 5) is 7.31. The van der Waals surface area contributed by atoms with Gasteiger partial charge in [-0.1, -0.05) is 0 Å². The summed E-state index contributed by atoms with van der Waals surface area (Å²) in [5.41, 5.74) is 1.97. The van der Waals surface area contributed by atoms with E-state index in [1.807, 2.05) is 0 Å². The van der Waals surface area contributed by atoms with E-state index in [1.54, 1.807) is 36.8 Å². The molecule has 0 amide bonds. The van der Waals surface area contributed by atoms with Gasteiger partial charge in [-0.05, 0) is 37.1 Å². The molecular weight excluding hydrogens is 288 g/mol. The van der Waals surface area contributed by atoms with E-state index in [4.69, 9.17) is 0 Å². The number of imidazole rings is 1. The minimum atomic E-state index is -3.36. The number of H-pyrrole nitrogens is 1. The molecule has 112 valence electrons. The number of rotatable bonds is 7. The minimum absolute atomic E-state index is 0.127. The topological polar surface area (TPSA) is 86.9 Å². The Morgan fingerprint density at radius 2 is 2.00 bits per heavy atom. The molecule has 2 aromatic rings. The highest BCUT2D eigenvalue weighted by atomic mass is 32.2. The van der Waals surface area contributed by atoms with Crippen LogP contribution >= 0.6 is 0 Å². The molecule has 1 saturated carbocycles. The first-order valence-corrected chi connectivity index (χ1v) is 8.45. The molecule has 3 N–H and O–H groups in total. The van der Waals surface area contributed by atoms with Crippen molar-refractivity contribution < 1.29 is 8.42 Å². The molecule has 7 heteroatoms. The van der Waals surface area contributed by atoms with Crippen LogP contribution in [0.2, 0.25) is 0 Å². The second-order valence-electron chi connectivity index (χ2n) is 5.17. The fourth-order valence-electron chi connectivity index (χ4n) is 2.00. The van der Waals surface area contributed by atoms with Crippen molar-refractivity contribution in [3.8, 4) is 0 Å². The smallest absolute Gasteiger partial charge is 0.240 e. The van der Waals surface area contributed by atoms with E-state index in [0.717, 1.165) is 37.2 Å². The van der Waals surface area contributed by atoms with E-state index in [1.165, 1.54) is 0 Å². The number of nitrogens with zero attached hydrogens (tertiary/aromatic N) is 1. The van der Waals surface area contributed by atoms with Gasteiger partial charge in [0.1, 0.15) is 0 Å². The van der Waals surface area contributed by atoms with Gasteiger partial charge in [-0.15, -0.1) is 0 Å². The van der Waals surface area contributed by atoms with Crippen molar-refractivity contribution in [2.45, 2.75) is 30.2 Å². The Hall–Kier alpha value is -1.86. The van der Waals surface area contributed by atoms with Crippen molar-refractivity contribution in [3.05, 3.63) is 42.5 Å². The fraction of sp³-hybridized carbons (Fsp3) is 0.357. The summed E-state index contributed by atoms with van der Waals surface area (Å²) in [7, 11) is -3.36. The Balaban J connectivity index is 1.56. The van der Waals surface area contributed by atoms with Crippen molar-refractivity contribution in [1.82, 2.24) is 14.7 Å². The Morgan fingerprint density at radius 1 is 1.24 bits per heavy atom. The molecule has 0 atom stereocenters. The summed E-state index contributed by atoms with van der Waals surface area (Å²) in [5, 5.41) is 3.25. The lowest BCUT2D eigenvalue weighted by atomic mass is 10.3. The van der Waals surface area contributed by atoms with Crippen LogP contribution in [-0.2, 0) is 16.4 Å². The highest BCUT2D eigenvalue weighted by molar-refractivity contribution is 7.89. The summed E-state index contributed by atoms with van der Waals surface area (Å²) in [6.45, 7) is 0.759. The lowest BCUT2D eigenvalue weighted by Crippen LogP contribution is -2.25. The van der Waals surface area contributed by atoms with E-state index < -0.39 is 10.0 Å². The van der Waals surface area contributed by atoms with E-state index in [2.05, 4.69) is 20.0 Å². The van der Waals surface area contributed by atoms with Gasteiger partial charge in [0.15, 0.2) is 0 Å². The largest absolute Gasteiger partial charge is 0.385 e. The van der Waals surface area contributed by atoms with Crippen LogP contribution in [0.3, 0.4) is 0 Å². The van der Waals surface area contributed by atoms with Gasteiger partial charge in [0, 0.05) is 36.6 Å². The predicted octanol–water partition coefficient (Wildman–Crippen LogP) is 1.50. The SMILES string of the molecule is O=S(=O)(NC1CC1)c1ccc(NCCc2cnc[nH]2)cc1. The molecule has 0 unspecified atom stereocenters. The second-order valence-corrected chi connectivity index (χ2v) is 6.89. The number of anilines is 1. The molecule has 0 spiro atoms. The number of benzene rings is 1. The number of hydrogen-bond acceptors (Lipinski definition) is 4. The molecule has 21 heavy (non-hydrogen) atoms. The zero-order valence-corrected chi connectivity index (χ0v) is 12.4. The monoisotopic (exact) mass is 306 g/mol. The molecule has 6 nitrogen and oxygen atoms in total. The van der Waals surface area contributed by atoms with Crippen LogP contribution in [-0.4, -0.2) is 31.0 Å². The van der Waals surface area contributed by atoms with E-state index >= 15 is 0 Å². The van der Waals surface area contributed by atoms with Gasteiger partial charge in [-0.25, -0.2) is 18.1 Å². The van der Waals surface area contributed by atoms with Crippen LogP contribution in [0.4, 0.5) is 5.69 Å².